The van der Waals surface area contributed by atoms with Gasteiger partial charge in [0.2, 0.25) is 0 Å². The standard InChI is InChI=1S/C14H20ClFN2O.ClH/c1-3-19-14-12(15)8-11(9-13(14)16)10(2)18-6-4-17-5-7-18;/h8-10,17H,3-7H2,1-2H3;1H/t10-;/m0./s1. The summed E-state index contributed by atoms with van der Waals surface area (Å²) in [7, 11) is 0. The number of hydrogen-bond acceptors (Lipinski definition) is 3. The van der Waals surface area contributed by atoms with Gasteiger partial charge in [-0.1, -0.05) is 11.6 Å². The van der Waals surface area contributed by atoms with E-state index in [4.69, 9.17) is 16.3 Å². The first-order valence-electron chi connectivity index (χ1n) is 6.70. The Morgan fingerprint density at radius 3 is 2.60 bits per heavy atom. The molecule has 1 heterocycles. The van der Waals surface area contributed by atoms with Crippen molar-refractivity contribution in [3.8, 4) is 5.75 Å². The highest BCUT2D eigenvalue weighted by atomic mass is 35.5. The molecule has 1 fully saturated rings. The monoisotopic (exact) mass is 322 g/mol. The van der Waals surface area contributed by atoms with E-state index in [0.717, 1.165) is 31.7 Å². The molecule has 2 rings (SSSR count). The van der Waals surface area contributed by atoms with E-state index in [1.165, 1.54) is 6.07 Å². The molecule has 1 aliphatic heterocycles. The molecule has 3 nitrogen and oxygen atoms in total. The number of nitrogens with one attached hydrogen (secondary N) is 1. The van der Waals surface area contributed by atoms with Crippen LogP contribution >= 0.6 is 24.0 Å². The summed E-state index contributed by atoms with van der Waals surface area (Å²) in [5, 5.41) is 3.65. The predicted octanol–water partition coefficient (Wildman–Crippen LogP) is 3.27. The molecule has 0 spiro atoms. The zero-order valence-corrected chi connectivity index (χ0v) is 13.4. The number of ether oxygens (including phenoxy) is 1. The molecule has 0 bridgehead atoms. The minimum atomic E-state index is -0.383. The van der Waals surface area contributed by atoms with Gasteiger partial charge in [-0.25, -0.2) is 4.39 Å². The van der Waals surface area contributed by atoms with Crippen LogP contribution in [0.1, 0.15) is 25.5 Å². The van der Waals surface area contributed by atoms with Gasteiger partial charge in [0.1, 0.15) is 0 Å². The molecule has 0 saturated carbocycles. The minimum absolute atomic E-state index is 0. The maximum absolute atomic E-state index is 14.0. The predicted molar refractivity (Wildman–Crippen MR) is 82.7 cm³/mol. The number of nitrogens with zero attached hydrogens (tertiary/aromatic N) is 1. The fourth-order valence-corrected chi connectivity index (χ4v) is 2.65. The van der Waals surface area contributed by atoms with Crippen LogP contribution in [0.25, 0.3) is 0 Å². The lowest BCUT2D eigenvalue weighted by Crippen LogP contribution is -2.44. The molecular formula is C14H21Cl2FN2O. The van der Waals surface area contributed by atoms with Crippen molar-refractivity contribution in [3.63, 3.8) is 0 Å². The van der Waals surface area contributed by atoms with Gasteiger partial charge >= 0.3 is 0 Å². The zero-order chi connectivity index (χ0) is 13.8. The zero-order valence-electron chi connectivity index (χ0n) is 11.8. The molecule has 20 heavy (non-hydrogen) atoms. The maximum Gasteiger partial charge on any atom is 0.173 e. The highest BCUT2D eigenvalue weighted by Crippen LogP contribution is 2.33. The summed E-state index contributed by atoms with van der Waals surface area (Å²) in [6.07, 6.45) is 0. The highest BCUT2D eigenvalue weighted by molar-refractivity contribution is 6.32. The van der Waals surface area contributed by atoms with Crippen LogP contribution < -0.4 is 10.1 Å². The summed E-state index contributed by atoms with van der Waals surface area (Å²) in [5.74, 6) is -0.230. The van der Waals surface area contributed by atoms with Crippen molar-refractivity contribution in [3.05, 3.63) is 28.5 Å². The van der Waals surface area contributed by atoms with Crippen molar-refractivity contribution in [1.29, 1.82) is 0 Å². The molecular weight excluding hydrogens is 302 g/mol. The second-order valence-corrected chi connectivity index (χ2v) is 5.12. The van der Waals surface area contributed by atoms with Crippen LogP contribution in [0.4, 0.5) is 4.39 Å². The lowest BCUT2D eigenvalue weighted by Gasteiger charge is -2.33. The van der Waals surface area contributed by atoms with Crippen molar-refractivity contribution in [2.24, 2.45) is 0 Å². The summed E-state index contributed by atoms with van der Waals surface area (Å²) < 4.78 is 19.2. The van der Waals surface area contributed by atoms with Gasteiger partial charge in [0.25, 0.3) is 0 Å². The van der Waals surface area contributed by atoms with Crippen LogP contribution in [0.3, 0.4) is 0 Å². The Labute approximate surface area is 130 Å². The summed E-state index contributed by atoms with van der Waals surface area (Å²) >= 11 is 6.10. The Morgan fingerprint density at radius 2 is 2.05 bits per heavy atom. The molecule has 1 aliphatic rings. The van der Waals surface area contributed by atoms with Crippen molar-refractivity contribution < 1.29 is 9.13 Å². The van der Waals surface area contributed by atoms with E-state index in [1.54, 1.807) is 0 Å². The highest BCUT2D eigenvalue weighted by Gasteiger charge is 2.20. The van der Waals surface area contributed by atoms with Crippen molar-refractivity contribution >= 4 is 24.0 Å². The number of benzene rings is 1. The summed E-state index contributed by atoms with van der Waals surface area (Å²) in [5.41, 5.74) is 0.896. The second-order valence-electron chi connectivity index (χ2n) is 4.71. The molecule has 0 unspecified atom stereocenters. The number of halogens is 3. The smallest absolute Gasteiger partial charge is 0.173 e. The average molecular weight is 323 g/mol. The van der Waals surface area contributed by atoms with E-state index < -0.39 is 0 Å². The Bertz CT molecular complexity index is 416. The molecule has 0 amide bonds. The Morgan fingerprint density at radius 1 is 1.40 bits per heavy atom. The van der Waals surface area contributed by atoms with Crippen LogP contribution in [0.15, 0.2) is 12.1 Å². The number of rotatable bonds is 4. The van der Waals surface area contributed by atoms with Crippen LogP contribution in [0, 0.1) is 5.82 Å². The molecule has 0 aliphatic carbocycles. The van der Waals surface area contributed by atoms with E-state index in [0.29, 0.717) is 11.6 Å². The van der Waals surface area contributed by atoms with Crippen LogP contribution in [0.5, 0.6) is 5.75 Å². The van der Waals surface area contributed by atoms with Gasteiger partial charge in [0.05, 0.1) is 11.6 Å². The van der Waals surface area contributed by atoms with E-state index >= 15 is 0 Å². The molecule has 6 heteroatoms. The second kappa shape index (κ2) is 8.03. The molecule has 1 aromatic carbocycles. The van der Waals surface area contributed by atoms with Crippen molar-refractivity contribution in [1.82, 2.24) is 10.2 Å². The summed E-state index contributed by atoms with van der Waals surface area (Å²) in [6, 6.07) is 3.50. The molecule has 114 valence electrons. The minimum Gasteiger partial charge on any atom is -0.489 e. The van der Waals surface area contributed by atoms with Gasteiger partial charge in [-0.05, 0) is 31.5 Å². The fourth-order valence-electron chi connectivity index (χ4n) is 2.38. The van der Waals surface area contributed by atoms with Gasteiger partial charge in [0, 0.05) is 32.2 Å². The molecule has 1 N–H and O–H groups in total. The topological polar surface area (TPSA) is 24.5 Å². The third-order valence-corrected chi connectivity index (χ3v) is 3.77. The summed E-state index contributed by atoms with van der Waals surface area (Å²) in [4.78, 5) is 2.32. The Balaban J connectivity index is 0.00000200. The van der Waals surface area contributed by atoms with E-state index in [9.17, 15) is 4.39 Å². The van der Waals surface area contributed by atoms with E-state index in [-0.39, 0.29) is 30.0 Å². The quantitative estimate of drug-likeness (QED) is 0.920. The largest absolute Gasteiger partial charge is 0.489 e. The molecule has 1 saturated heterocycles. The van der Waals surface area contributed by atoms with E-state index in [1.807, 2.05) is 13.0 Å². The van der Waals surface area contributed by atoms with Crippen LogP contribution in [-0.2, 0) is 0 Å². The van der Waals surface area contributed by atoms with Crippen molar-refractivity contribution in [2.45, 2.75) is 19.9 Å². The normalized spacial score (nSPS) is 17.4. The number of piperazine rings is 1. The summed E-state index contributed by atoms with van der Waals surface area (Å²) in [6.45, 7) is 8.17. The van der Waals surface area contributed by atoms with Crippen LogP contribution in [0.2, 0.25) is 5.02 Å². The first kappa shape index (κ1) is 17.5. The molecule has 0 aromatic heterocycles. The van der Waals surface area contributed by atoms with Gasteiger partial charge < -0.3 is 10.1 Å². The SMILES string of the molecule is CCOc1c(F)cc([C@H](C)N2CCNCC2)cc1Cl.Cl. The van der Waals surface area contributed by atoms with E-state index in [2.05, 4.69) is 17.1 Å². The average Bonchev–Trinajstić information content (AvgIpc) is 2.43. The third kappa shape index (κ3) is 3.98. The van der Waals surface area contributed by atoms with Gasteiger partial charge in [-0.15, -0.1) is 12.4 Å². The first-order chi connectivity index (χ1) is 9.13. The van der Waals surface area contributed by atoms with Gasteiger partial charge in [0.15, 0.2) is 11.6 Å². The van der Waals surface area contributed by atoms with Crippen LogP contribution in [-0.4, -0.2) is 37.7 Å². The molecule has 1 atom stereocenters. The van der Waals surface area contributed by atoms with Gasteiger partial charge in [-0.2, -0.15) is 0 Å². The lowest BCUT2D eigenvalue weighted by molar-refractivity contribution is 0.185. The van der Waals surface area contributed by atoms with Crippen molar-refractivity contribution in [2.75, 3.05) is 32.8 Å². The lowest BCUT2D eigenvalue weighted by atomic mass is 10.1. The Kier molecular flexibility index (Phi) is 7.03. The third-order valence-electron chi connectivity index (χ3n) is 3.49. The Hall–Kier alpha value is -0.550. The maximum atomic E-state index is 14.0. The van der Waals surface area contributed by atoms with Gasteiger partial charge in [-0.3, -0.25) is 4.90 Å². The number of hydrogen-bond donors (Lipinski definition) is 1. The fraction of sp³-hybridized carbons (Fsp3) is 0.571. The first-order valence-corrected chi connectivity index (χ1v) is 7.07. The molecule has 1 aromatic rings. The molecule has 0 radical (unpaired) electrons.